The van der Waals surface area contributed by atoms with Gasteiger partial charge in [-0.25, -0.2) is 4.98 Å². The maximum Gasteiger partial charge on any atom is 0.219 e. The predicted molar refractivity (Wildman–Crippen MR) is 82.1 cm³/mol. The Morgan fingerprint density at radius 3 is 2.65 bits per heavy atom. The predicted octanol–water partition coefficient (Wildman–Crippen LogP) is 2.50. The first-order valence-corrected chi connectivity index (χ1v) is 6.58. The van der Waals surface area contributed by atoms with E-state index in [2.05, 4.69) is 4.98 Å². The van der Waals surface area contributed by atoms with Crippen LogP contribution in [-0.4, -0.2) is 17.1 Å². The van der Waals surface area contributed by atoms with E-state index in [0.717, 1.165) is 16.9 Å². The normalized spacial score (nSPS) is 10.1. The smallest absolute Gasteiger partial charge is 0.219 e. The lowest BCUT2D eigenvalue weighted by atomic mass is 10.1. The first-order chi connectivity index (χ1) is 9.69. The molecule has 0 saturated heterocycles. The van der Waals surface area contributed by atoms with Crippen LogP contribution in [0.3, 0.4) is 0 Å². The molecule has 4 nitrogen and oxygen atoms in total. The number of pyridine rings is 1. The highest BCUT2D eigenvalue weighted by atomic mass is 32.1. The van der Waals surface area contributed by atoms with Crippen molar-refractivity contribution >= 4 is 17.2 Å². The summed E-state index contributed by atoms with van der Waals surface area (Å²) in [6, 6.07) is 11.5. The van der Waals surface area contributed by atoms with Crippen molar-refractivity contribution in [2.45, 2.75) is 13.0 Å². The fourth-order valence-electron chi connectivity index (χ4n) is 1.78. The summed E-state index contributed by atoms with van der Waals surface area (Å²) in [6.07, 6.45) is 2.29. The number of rotatable bonds is 6. The first-order valence-electron chi connectivity index (χ1n) is 6.17. The fourth-order valence-corrected chi connectivity index (χ4v) is 1.95. The maximum atomic E-state index is 5.71. The molecule has 0 aliphatic heterocycles. The Morgan fingerprint density at radius 1 is 1.25 bits per heavy atom. The molecule has 0 aliphatic carbocycles. The van der Waals surface area contributed by atoms with Crippen molar-refractivity contribution in [3.05, 3.63) is 53.7 Å². The number of hydrogen-bond donors (Lipinski definition) is 1. The van der Waals surface area contributed by atoms with Gasteiger partial charge in [0.2, 0.25) is 5.88 Å². The van der Waals surface area contributed by atoms with Gasteiger partial charge in [-0.15, -0.1) is 0 Å². The number of thiocarbonyl (C=S) groups is 1. The van der Waals surface area contributed by atoms with E-state index in [1.54, 1.807) is 13.3 Å². The first kappa shape index (κ1) is 14.3. The lowest BCUT2D eigenvalue weighted by Gasteiger charge is -2.09. The van der Waals surface area contributed by atoms with Gasteiger partial charge in [0.1, 0.15) is 12.4 Å². The Bertz CT molecular complexity index is 585. The Labute approximate surface area is 123 Å². The molecule has 0 amide bonds. The van der Waals surface area contributed by atoms with Gasteiger partial charge in [0.05, 0.1) is 17.7 Å². The third-order valence-corrected chi connectivity index (χ3v) is 2.88. The molecule has 1 heterocycles. The van der Waals surface area contributed by atoms with Crippen LogP contribution in [0.4, 0.5) is 0 Å². The maximum absolute atomic E-state index is 5.71. The molecular formula is C15H16N2O2S. The topological polar surface area (TPSA) is 57.4 Å². The van der Waals surface area contributed by atoms with Gasteiger partial charge >= 0.3 is 0 Å². The molecule has 0 bridgehead atoms. The summed E-state index contributed by atoms with van der Waals surface area (Å²) in [5.41, 5.74) is 7.49. The van der Waals surface area contributed by atoms with Crippen LogP contribution in [0.15, 0.2) is 42.6 Å². The Hall–Kier alpha value is -2.14. The average molecular weight is 288 g/mol. The molecule has 1 aromatic carbocycles. The van der Waals surface area contributed by atoms with Gasteiger partial charge in [0.15, 0.2) is 0 Å². The minimum atomic E-state index is 0.408. The standard InChI is InChI=1S/C15H16N2O2S/c1-18-15-12(3-2-8-17-15)10-19-13-6-4-11(5-7-13)9-14(16)20/h2-8H,9-10H2,1H3,(H2,16,20). The van der Waals surface area contributed by atoms with Crippen molar-refractivity contribution < 1.29 is 9.47 Å². The van der Waals surface area contributed by atoms with Gasteiger partial charge in [0, 0.05) is 12.6 Å². The zero-order valence-electron chi connectivity index (χ0n) is 11.2. The van der Waals surface area contributed by atoms with Crippen molar-refractivity contribution in [1.29, 1.82) is 0 Å². The van der Waals surface area contributed by atoms with Crippen molar-refractivity contribution in [1.82, 2.24) is 4.98 Å². The molecule has 20 heavy (non-hydrogen) atoms. The van der Waals surface area contributed by atoms with Crippen LogP contribution in [0.5, 0.6) is 11.6 Å². The van der Waals surface area contributed by atoms with E-state index in [0.29, 0.717) is 23.9 Å². The van der Waals surface area contributed by atoms with Gasteiger partial charge in [-0.3, -0.25) is 0 Å². The van der Waals surface area contributed by atoms with Crippen LogP contribution in [0.2, 0.25) is 0 Å². The van der Waals surface area contributed by atoms with E-state index in [1.807, 2.05) is 36.4 Å². The Balaban J connectivity index is 1.98. The molecule has 0 saturated carbocycles. The van der Waals surface area contributed by atoms with Crippen molar-refractivity contribution in [2.75, 3.05) is 7.11 Å². The van der Waals surface area contributed by atoms with Crippen molar-refractivity contribution in [3.63, 3.8) is 0 Å². The van der Waals surface area contributed by atoms with Crippen LogP contribution in [0.25, 0.3) is 0 Å². The molecule has 0 fully saturated rings. The van der Waals surface area contributed by atoms with Gasteiger partial charge in [0.25, 0.3) is 0 Å². The molecule has 5 heteroatoms. The third-order valence-electron chi connectivity index (χ3n) is 2.74. The average Bonchev–Trinajstić information content (AvgIpc) is 2.46. The molecular weight excluding hydrogens is 272 g/mol. The summed E-state index contributed by atoms with van der Waals surface area (Å²) in [6.45, 7) is 0.408. The fraction of sp³-hybridized carbons (Fsp3) is 0.200. The van der Waals surface area contributed by atoms with E-state index in [1.165, 1.54) is 0 Å². The summed E-state index contributed by atoms with van der Waals surface area (Å²) < 4.78 is 10.9. The number of ether oxygens (including phenoxy) is 2. The van der Waals surface area contributed by atoms with E-state index in [-0.39, 0.29) is 0 Å². The highest BCUT2D eigenvalue weighted by molar-refractivity contribution is 7.80. The quantitative estimate of drug-likeness (QED) is 0.828. The number of hydrogen-bond acceptors (Lipinski definition) is 4. The molecule has 0 spiro atoms. The van der Waals surface area contributed by atoms with Gasteiger partial charge in [-0.1, -0.05) is 24.4 Å². The molecule has 0 aliphatic rings. The number of nitrogens with two attached hydrogens (primary N) is 1. The lowest BCUT2D eigenvalue weighted by molar-refractivity contribution is 0.294. The Morgan fingerprint density at radius 2 is 2.00 bits per heavy atom. The second kappa shape index (κ2) is 6.86. The van der Waals surface area contributed by atoms with E-state index in [4.69, 9.17) is 27.4 Å². The number of methoxy groups -OCH3 is 1. The molecule has 0 unspecified atom stereocenters. The molecule has 2 rings (SSSR count). The van der Waals surface area contributed by atoms with Crippen LogP contribution in [0.1, 0.15) is 11.1 Å². The Kier molecular flexibility index (Phi) is 4.90. The van der Waals surface area contributed by atoms with E-state index >= 15 is 0 Å². The largest absolute Gasteiger partial charge is 0.489 e. The van der Waals surface area contributed by atoms with Gasteiger partial charge < -0.3 is 15.2 Å². The molecule has 2 N–H and O–H groups in total. The zero-order chi connectivity index (χ0) is 14.4. The van der Waals surface area contributed by atoms with Crippen LogP contribution in [0, 0.1) is 0 Å². The monoisotopic (exact) mass is 288 g/mol. The van der Waals surface area contributed by atoms with Crippen LogP contribution >= 0.6 is 12.2 Å². The molecule has 2 aromatic rings. The summed E-state index contributed by atoms with van der Waals surface area (Å²) in [5.74, 6) is 1.36. The minimum absolute atomic E-state index is 0.408. The highest BCUT2D eigenvalue weighted by Crippen LogP contribution is 2.18. The molecule has 1 aromatic heterocycles. The second-order valence-corrected chi connectivity index (χ2v) is 4.77. The number of aromatic nitrogens is 1. The lowest BCUT2D eigenvalue weighted by Crippen LogP contribution is -2.10. The minimum Gasteiger partial charge on any atom is -0.489 e. The molecule has 0 atom stereocenters. The van der Waals surface area contributed by atoms with Crippen LogP contribution in [-0.2, 0) is 13.0 Å². The summed E-state index contributed by atoms with van der Waals surface area (Å²) in [5, 5.41) is 0. The van der Waals surface area contributed by atoms with Crippen LogP contribution < -0.4 is 15.2 Å². The zero-order valence-corrected chi connectivity index (χ0v) is 12.0. The van der Waals surface area contributed by atoms with E-state index < -0.39 is 0 Å². The van der Waals surface area contributed by atoms with E-state index in [9.17, 15) is 0 Å². The highest BCUT2D eigenvalue weighted by Gasteiger charge is 2.04. The number of nitrogens with zero attached hydrogens (tertiary/aromatic N) is 1. The van der Waals surface area contributed by atoms with Crippen molar-refractivity contribution in [2.24, 2.45) is 5.73 Å². The van der Waals surface area contributed by atoms with Gasteiger partial charge in [-0.2, -0.15) is 0 Å². The van der Waals surface area contributed by atoms with Crippen molar-refractivity contribution in [3.8, 4) is 11.6 Å². The van der Waals surface area contributed by atoms with Gasteiger partial charge in [-0.05, 0) is 29.8 Å². The summed E-state index contributed by atoms with van der Waals surface area (Å²) >= 11 is 4.88. The third kappa shape index (κ3) is 3.93. The SMILES string of the molecule is COc1ncccc1COc1ccc(CC(N)=S)cc1. The molecule has 104 valence electrons. The summed E-state index contributed by atoms with van der Waals surface area (Å²) in [4.78, 5) is 4.61. The summed E-state index contributed by atoms with van der Waals surface area (Å²) in [7, 11) is 1.59. The number of benzene rings is 1. The molecule has 0 radical (unpaired) electrons. The second-order valence-electron chi connectivity index (χ2n) is 4.25.